The van der Waals surface area contributed by atoms with Gasteiger partial charge in [-0.25, -0.2) is 0 Å². The Morgan fingerprint density at radius 1 is 0.892 bits per heavy atom. The van der Waals surface area contributed by atoms with Crippen LogP contribution in [0.15, 0.2) is 110 Å². The quantitative estimate of drug-likeness (QED) is 0.302. The van der Waals surface area contributed by atoms with Crippen molar-refractivity contribution in [2.24, 2.45) is 0 Å². The summed E-state index contributed by atoms with van der Waals surface area (Å²) in [5.74, 6) is 0. The molecule has 0 saturated heterocycles. The molecule has 1 saturated carbocycles. The number of hydrogen-bond donors (Lipinski definition) is 1. The summed E-state index contributed by atoms with van der Waals surface area (Å²) in [7, 11) is 2.03. The van der Waals surface area contributed by atoms with Gasteiger partial charge in [-0.3, -0.25) is 0 Å². The Balaban J connectivity index is 1.52. The first-order valence-electron chi connectivity index (χ1n) is 13.4. The summed E-state index contributed by atoms with van der Waals surface area (Å²) >= 11 is 0. The van der Waals surface area contributed by atoms with Crippen molar-refractivity contribution in [3.8, 4) is 0 Å². The van der Waals surface area contributed by atoms with Crippen LogP contribution in [0.2, 0.25) is 0 Å². The van der Waals surface area contributed by atoms with Crippen LogP contribution in [0.25, 0.3) is 11.3 Å². The molecule has 190 valence electrons. The first-order chi connectivity index (χ1) is 18.0. The second kappa shape index (κ2) is 12.5. The first-order valence-corrected chi connectivity index (χ1v) is 13.4. The van der Waals surface area contributed by atoms with E-state index in [-0.39, 0.29) is 6.04 Å². The molecule has 3 aromatic rings. The Bertz CT molecular complexity index is 1270. The molecule has 1 aliphatic carbocycles. The van der Waals surface area contributed by atoms with E-state index < -0.39 is 0 Å². The second-order valence-electron chi connectivity index (χ2n) is 10.1. The van der Waals surface area contributed by atoms with Crippen molar-refractivity contribution in [3.63, 3.8) is 0 Å². The predicted molar refractivity (Wildman–Crippen MR) is 161 cm³/mol. The van der Waals surface area contributed by atoms with Crippen LogP contribution in [0.1, 0.15) is 72.9 Å². The van der Waals surface area contributed by atoms with E-state index in [0.717, 1.165) is 16.9 Å². The molecule has 0 aromatic heterocycles. The summed E-state index contributed by atoms with van der Waals surface area (Å²) in [4.78, 5) is 2.08. The summed E-state index contributed by atoms with van der Waals surface area (Å²) in [6.07, 6.45) is 12.1. The van der Waals surface area contributed by atoms with E-state index in [4.69, 9.17) is 0 Å². The minimum Gasteiger partial charge on any atom is -0.379 e. The Kier molecular flexibility index (Phi) is 8.85. The molecule has 0 heterocycles. The van der Waals surface area contributed by atoms with Gasteiger partial charge in [0.05, 0.1) is 0 Å². The summed E-state index contributed by atoms with van der Waals surface area (Å²) in [6.45, 7) is 12.4. The molecule has 0 unspecified atom stereocenters. The third-order valence-electron chi connectivity index (χ3n) is 7.29. The van der Waals surface area contributed by atoms with Crippen molar-refractivity contribution in [1.29, 1.82) is 0 Å². The van der Waals surface area contributed by atoms with Gasteiger partial charge in [0.1, 0.15) is 0 Å². The smallest absolute Gasteiger partial charge is 0.0485 e. The van der Waals surface area contributed by atoms with Crippen LogP contribution in [0.5, 0.6) is 0 Å². The van der Waals surface area contributed by atoms with Crippen molar-refractivity contribution >= 4 is 17.0 Å². The molecule has 37 heavy (non-hydrogen) atoms. The van der Waals surface area contributed by atoms with Gasteiger partial charge in [0.15, 0.2) is 0 Å². The zero-order valence-electron chi connectivity index (χ0n) is 22.6. The molecule has 1 N–H and O–H groups in total. The van der Waals surface area contributed by atoms with Crippen molar-refractivity contribution in [2.75, 3.05) is 11.9 Å². The first kappa shape index (κ1) is 26.3. The van der Waals surface area contributed by atoms with E-state index in [1.54, 1.807) is 11.6 Å². The third-order valence-corrected chi connectivity index (χ3v) is 7.29. The molecule has 1 aliphatic rings. The Hall–Kier alpha value is -3.78. The maximum atomic E-state index is 4.34. The number of nitrogens with one attached hydrogen (secondary N) is 1. The summed E-state index contributed by atoms with van der Waals surface area (Å²) in [5.41, 5.74) is 11.4. The molecule has 2 nitrogen and oxygen atoms in total. The highest BCUT2D eigenvalue weighted by atomic mass is 15.1. The molecular formula is C35H40N2. The lowest BCUT2D eigenvalue weighted by atomic mass is 9.84. The van der Waals surface area contributed by atoms with Crippen molar-refractivity contribution in [3.05, 3.63) is 138 Å². The molecular weight excluding hydrogens is 448 g/mol. The molecule has 0 bridgehead atoms. The number of nitrogens with zero attached hydrogens (tertiary/aromatic N) is 1. The van der Waals surface area contributed by atoms with Crippen LogP contribution < -0.4 is 10.2 Å². The van der Waals surface area contributed by atoms with Gasteiger partial charge in [-0.2, -0.15) is 0 Å². The zero-order chi connectivity index (χ0) is 26.2. The van der Waals surface area contributed by atoms with Gasteiger partial charge in [-0.15, -0.1) is 0 Å². The standard InChI is InChI=1S/C35H40N2/c1-6-7-24-37(5)34-15-11-14-33(25-34)28(4)36-27(3)29-20-22-32(23-21-29)35(30-12-9-8-10-13-30)31-18-16-26(2)17-19-31/h6-7,11,14-25,27,36H,1,4,8-10,12-13H2,2-3,5H3/b24-7-/t27-/m1/s1. The Morgan fingerprint density at radius 3 is 2.19 bits per heavy atom. The van der Waals surface area contributed by atoms with Crippen LogP contribution in [-0.4, -0.2) is 7.05 Å². The van der Waals surface area contributed by atoms with Gasteiger partial charge in [-0.1, -0.05) is 97.5 Å². The normalized spacial score (nSPS) is 14.3. The zero-order valence-corrected chi connectivity index (χ0v) is 22.6. The topological polar surface area (TPSA) is 15.3 Å². The molecule has 0 spiro atoms. The highest BCUT2D eigenvalue weighted by Crippen LogP contribution is 2.35. The number of aryl methyl sites for hydroxylation is 1. The highest BCUT2D eigenvalue weighted by Gasteiger charge is 2.16. The highest BCUT2D eigenvalue weighted by molar-refractivity contribution is 5.82. The van der Waals surface area contributed by atoms with E-state index in [9.17, 15) is 0 Å². The maximum absolute atomic E-state index is 4.34. The molecule has 2 heteroatoms. The minimum atomic E-state index is 0.147. The molecule has 4 rings (SSSR count). The predicted octanol–water partition coefficient (Wildman–Crippen LogP) is 9.22. The molecule has 1 atom stereocenters. The van der Waals surface area contributed by atoms with E-state index in [2.05, 4.69) is 110 Å². The number of hydrogen-bond acceptors (Lipinski definition) is 2. The molecule has 3 aromatic carbocycles. The summed E-state index contributed by atoms with van der Waals surface area (Å²) in [5, 5.41) is 3.61. The molecule has 0 amide bonds. The Morgan fingerprint density at radius 2 is 1.54 bits per heavy atom. The average Bonchev–Trinajstić information content (AvgIpc) is 2.94. The summed E-state index contributed by atoms with van der Waals surface area (Å²) in [6, 6.07) is 26.7. The van der Waals surface area contributed by atoms with Gasteiger partial charge in [0, 0.05) is 30.7 Å². The lowest BCUT2D eigenvalue weighted by Crippen LogP contribution is -2.17. The molecule has 1 fully saturated rings. The molecule has 0 radical (unpaired) electrons. The number of allylic oxidation sites excluding steroid dienone is 3. The number of rotatable bonds is 9. The number of anilines is 1. The van der Waals surface area contributed by atoms with Crippen LogP contribution in [0.3, 0.4) is 0 Å². The third kappa shape index (κ3) is 6.71. The SMILES string of the molecule is C=C/C=C\N(C)c1cccc(C(=C)N[C@H](C)c2ccc(C(=C3CCCCC3)c3ccc(C)cc3)cc2)c1. The van der Waals surface area contributed by atoms with Crippen LogP contribution >= 0.6 is 0 Å². The largest absolute Gasteiger partial charge is 0.379 e. The van der Waals surface area contributed by atoms with Gasteiger partial charge in [0.2, 0.25) is 0 Å². The van der Waals surface area contributed by atoms with Crippen molar-refractivity contribution < 1.29 is 0 Å². The minimum absolute atomic E-state index is 0.147. The van der Waals surface area contributed by atoms with Crippen LogP contribution in [-0.2, 0) is 0 Å². The molecule has 0 aliphatic heterocycles. The second-order valence-corrected chi connectivity index (χ2v) is 10.1. The van der Waals surface area contributed by atoms with Crippen molar-refractivity contribution in [2.45, 2.75) is 52.0 Å². The van der Waals surface area contributed by atoms with Crippen LogP contribution in [0, 0.1) is 6.92 Å². The van der Waals surface area contributed by atoms with Crippen molar-refractivity contribution in [1.82, 2.24) is 5.32 Å². The average molecular weight is 489 g/mol. The fourth-order valence-corrected chi connectivity index (χ4v) is 5.08. The fraction of sp³-hybridized carbons (Fsp3) is 0.257. The lowest BCUT2D eigenvalue weighted by Gasteiger charge is -2.22. The fourth-order valence-electron chi connectivity index (χ4n) is 5.08. The van der Waals surface area contributed by atoms with Gasteiger partial charge >= 0.3 is 0 Å². The van der Waals surface area contributed by atoms with Gasteiger partial charge in [0.25, 0.3) is 0 Å². The van der Waals surface area contributed by atoms with Crippen LogP contribution in [0.4, 0.5) is 5.69 Å². The van der Waals surface area contributed by atoms with Gasteiger partial charge < -0.3 is 10.2 Å². The maximum Gasteiger partial charge on any atom is 0.0485 e. The monoisotopic (exact) mass is 488 g/mol. The van der Waals surface area contributed by atoms with E-state index in [1.807, 2.05) is 19.3 Å². The Labute approximate surface area is 223 Å². The van der Waals surface area contributed by atoms with E-state index >= 15 is 0 Å². The lowest BCUT2D eigenvalue weighted by molar-refractivity contribution is 0.601. The van der Waals surface area contributed by atoms with E-state index in [1.165, 1.54) is 59.9 Å². The van der Waals surface area contributed by atoms with Gasteiger partial charge in [-0.05, 0) is 85.6 Å². The summed E-state index contributed by atoms with van der Waals surface area (Å²) < 4.78 is 0. The van der Waals surface area contributed by atoms with E-state index in [0.29, 0.717) is 0 Å². The number of benzene rings is 3.